The second kappa shape index (κ2) is 10.8. The SMILES string of the molecule is CCOc1cc(/C=C2\SC(=Nc3ccc(C)c(C)c3)NC2=O)ccc1OCc1ccccc1Cl. The molecule has 5 nitrogen and oxygen atoms in total. The Morgan fingerprint density at radius 1 is 1.00 bits per heavy atom. The Balaban J connectivity index is 1.52. The molecule has 3 aromatic carbocycles. The summed E-state index contributed by atoms with van der Waals surface area (Å²) in [7, 11) is 0. The Labute approximate surface area is 208 Å². The summed E-state index contributed by atoms with van der Waals surface area (Å²) in [5, 5.41) is 4.06. The Hall–Kier alpha value is -3.22. The molecule has 1 aliphatic heterocycles. The van der Waals surface area contributed by atoms with Crippen molar-refractivity contribution < 1.29 is 14.3 Å². The predicted molar refractivity (Wildman–Crippen MR) is 140 cm³/mol. The molecule has 1 N–H and O–H groups in total. The molecule has 0 radical (unpaired) electrons. The second-order valence-corrected chi connectivity index (χ2v) is 9.21. The average molecular weight is 493 g/mol. The van der Waals surface area contributed by atoms with Crippen molar-refractivity contribution >= 4 is 46.2 Å². The number of carbonyl (C=O) groups excluding carboxylic acids is 1. The van der Waals surface area contributed by atoms with Gasteiger partial charge in [-0.2, -0.15) is 0 Å². The molecule has 0 atom stereocenters. The lowest BCUT2D eigenvalue weighted by atomic mass is 10.1. The van der Waals surface area contributed by atoms with Crippen LogP contribution in [0.15, 0.2) is 70.6 Å². The second-order valence-electron chi connectivity index (χ2n) is 7.77. The third-order valence-electron chi connectivity index (χ3n) is 5.28. The highest BCUT2D eigenvalue weighted by Gasteiger charge is 2.24. The minimum Gasteiger partial charge on any atom is -0.490 e. The fraction of sp³-hybridized carbons (Fsp3) is 0.185. The minimum absolute atomic E-state index is 0.176. The molecule has 1 amide bonds. The molecule has 1 aliphatic rings. The van der Waals surface area contributed by atoms with Crippen LogP contribution in [0.3, 0.4) is 0 Å². The van der Waals surface area contributed by atoms with E-state index in [-0.39, 0.29) is 5.91 Å². The Morgan fingerprint density at radius 2 is 1.82 bits per heavy atom. The number of ether oxygens (including phenoxy) is 2. The van der Waals surface area contributed by atoms with Crippen LogP contribution in [0, 0.1) is 13.8 Å². The maximum absolute atomic E-state index is 12.5. The van der Waals surface area contributed by atoms with Gasteiger partial charge >= 0.3 is 0 Å². The Morgan fingerprint density at radius 3 is 2.59 bits per heavy atom. The number of hydrogen-bond acceptors (Lipinski definition) is 5. The van der Waals surface area contributed by atoms with Gasteiger partial charge in [0.25, 0.3) is 5.91 Å². The van der Waals surface area contributed by atoms with E-state index in [1.807, 2.05) is 80.6 Å². The first kappa shape index (κ1) is 23.9. The summed E-state index contributed by atoms with van der Waals surface area (Å²) in [6, 6.07) is 19.1. The molecule has 1 saturated heterocycles. The fourth-order valence-electron chi connectivity index (χ4n) is 3.32. The molecule has 174 valence electrons. The highest BCUT2D eigenvalue weighted by atomic mass is 35.5. The van der Waals surface area contributed by atoms with E-state index in [0.717, 1.165) is 22.4 Å². The van der Waals surface area contributed by atoms with Gasteiger partial charge in [0.15, 0.2) is 16.7 Å². The molecule has 4 rings (SSSR count). The van der Waals surface area contributed by atoms with Crippen molar-refractivity contribution in [1.82, 2.24) is 5.32 Å². The lowest BCUT2D eigenvalue weighted by Gasteiger charge is -2.13. The molecule has 0 aliphatic carbocycles. The summed E-state index contributed by atoms with van der Waals surface area (Å²) in [6.45, 7) is 6.84. The van der Waals surface area contributed by atoms with Crippen LogP contribution in [-0.2, 0) is 11.4 Å². The quantitative estimate of drug-likeness (QED) is 0.367. The number of rotatable bonds is 7. The molecule has 3 aromatic rings. The van der Waals surface area contributed by atoms with Gasteiger partial charge in [-0.25, -0.2) is 4.99 Å². The van der Waals surface area contributed by atoms with Gasteiger partial charge in [-0.3, -0.25) is 4.79 Å². The van der Waals surface area contributed by atoms with Crippen molar-refractivity contribution in [1.29, 1.82) is 0 Å². The molecular weight excluding hydrogens is 468 g/mol. The zero-order valence-electron chi connectivity index (χ0n) is 19.2. The van der Waals surface area contributed by atoms with E-state index < -0.39 is 0 Å². The van der Waals surface area contributed by atoms with Gasteiger partial charge in [0.05, 0.1) is 17.2 Å². The number of aryl methyl sites for hydroxylation is 2. The number of halogens is 1. The zero-order valence-corrected chi connectivity index (χ0v) is 20.8. The number of nitrogens with one attached hydrogen (secondary N) is 1. The van der Waals surface area contributed by atoms with Crippen molar-refractivity contribution in [3.63, 3.8) is 0 Å². The van der Waals surface area contributed by atoms with Crippen LogP contribution in [0.25, 0.3) is 6.08 Å². The van der Waals surface area contributed by atoms with E-state index >= 15 is 0 Å². The van der Waals surface area contributed by atoms with Gasteiger partial charge in [0.2, 0.25) is 0 Å². The lowest BCUT2D eigenvalue weighted by molar-refractivity contribution is -0.115. The number of benzene rings is 3. The molecule has 0 bridgehead atoms. The van der Waals surface area contributed by atoms with Crippen LogP contribution >= 0.6 is 23.4 Å². The number of amides is 1. The van der Waals surface area contributed by atoms with Crippen LogP contribution < -0.4 is 14.8 Å². The maximum atomic E-state index is 12.5. The van der Waals surface area contributed by atoms with Crippen molar-refractivity contribution in [2.75, 3.05) is 6.61 Å². The number of thioether (sulfide) groups is 1. The molecule has 34 heavy (non-hydrogen) atoms. The highest BCUT2D eigenvalue weighted by molar-refractivity contribution is 8.18. The van der Waals surface area contributed by atoms with Crippen LogP contribution in [-0.4, -0.2) is 17.7 Å². The monoisotopic (exact) mass is 492 g/mol. The third-order valence-corrected chi connectivity index (χ3v) is 6.56. The molecule has 0 aromatic heterocycles. The summed E-state index contributed by atoms with van der Waals surface area (Å²) in [6.07, 6.45) is 1.82. The fourth-order valence-corrected chi connectivity index (χ4v) is 4.35. The van der Waals surface area contributed by atoms with Gasteiger partial charge < -0.3 is 14.8 Å². The number of hydrogen-bond donors (Lipinski definition) is 1. The molecular formula is C27H25ClN2O3S. The average Bonchev–Trinajstić information content (AvgIpc) is 3.15. The van der Waals surface area contributed by atoms with Crippen LogP contribution in [0.4, 0.5) is 5.69 Å². The third kappa shape index (κ3) is 5.82. The van der Waals surface area contributed by atoms with Crippen LogP contribution in [0.5, 0.6) is 11.5 Å². The Kier molecular flexibility index (Phi) is 7.60. The van der Waals surface area contributed by atoms with Crippen LogP contribution in [0.1, 0.15) is 29.2 Å². The van der Waals surface area contributed by atoms with Gasteiger partial charge in [-0.15, -0.1) is 0 Å². The van der Waals surface area contributed by atoms with Gasteiger partial charge in [0, 0.05) is 10.6 Å². The summed E-state index contributed by atoms with van der Waals surface area (Å²) >= 11 is 7.55. The van der Waals surface area contributed by atoms with Crippen molar-refractivity contribution in [2.24, 2.45) is 4.99 Å². The van der Waals surface area contributed by atoms with E-state index in [9.17, 15) is 4.79 Å². The van der Waals surface area contributed by atoms with E-state index in [4.69, 9.17) is 21.1 Å². The first-order valence-corrected chi connectivity index (χ1v) is 12.1. The van der Waals surface area contributed by atoms with E-state index in [0.29, 0.717) is 39.8 Å². The summed E-state index contributed by atoms with van der Waals surface area (Å²) < 4.78 is 11.8. The Bertz CT molecular complexity index is 1290. The molecule has 0 unspecified atom stereocenters. The summed E-state index contributed by atoms with van der Waals surface area (Å²) in [5.74, 6) is 1.05. The number of amidine groups is 1. The van der Waals surface area contributed by atoms with Crippen molar-refractivity contribution in [2.45, 2.75) is 27.4 Å². The van der Waals surface area contributed by atoms with Crippen LogP contribution in [0.2, 0.25) is 5.02 Å². The van der Waals surface area contributed by atoms with E-state index in [1.54, 1.807) is 0 Å². The molecule has 1 fully saturated rings. The minimum atomic E-state index is -0.176. The number of nitrogens with zero attached hydrogens (tertiary/aromatic N) is 1. The number of carbonyl (C=O) groups is 1. The van der Waals surface area contributed by atoms with Gasteiger partial charge in [0.1, 0.15) is 6.61 Å². The number of aliphatic imine (C=N–C) groups is 1. The smallest absolute Gasteiger partial charge is 0.264 e. The zero-order chi connectivity index (χ0) is 24.1. The molecule has 7 heteroatoms. The van der Waals surface area contributed by atoms with Gasteiger partial charge in [-0.1, -0.05) is 41.9 Å². The van der Waals surface area contributed by atoms with Crippen molar-refractivity contribution in [3.05, 3.63) is 92.8 Å². The van der Waals surface area contributed by atoms with Gasteiger partial charge in [-0.05, 0) is 85.6 Å². The topological polar surface area (TPSA) is 59.9 Å². The highest BCUT2D eigenvalue weighted by Crippen LogP contribution is 2.33. The van der Waals surface area contributed by atoms with E-state index in [1.165, 1.54) is 17.3 Å². The lowest BCUT2D eigenvalue weighted by Crippen LogP contribution is -2.19. The molecule has 0 spiro atoms. The van der Waals surface area contributed by atoms with E-state index in [2.05, 4.69) is 17.2 Å². The predicted octanol–water partition coefficient (Wildman–Crippen LogP) is 6.83. The standard InChI is InChI=1S/C27H25ClN2O3S/c1-4-32-24-14-19(10-12-23(24)33-16-20-7-5-6-8-22(20)28)15-25-26(31)30-27(34-25)29-21-11-9-17(2)18(3)13-21/h5-15H,4,16H2,1-3H3,(H,29,30,31)/b25-15-. The summed E-state index contributed by atoms with van der Waals surface area (Å²) in [4.78, 5) is 17.7. The molecule has 0 saturated carbocycles. The summed E-state index contributed by atoms with van der Waals surface area (Å²) in [5.41, 5.74) is 4.90. The largest absolute Gasteiger partial charge is 0.490 e. The van der Waals surface area contributed by atoms with Crippen molar-refractivity contribution in [3.8, 4) is 11.5 Å². The first-order chi connectivity index (χ1) is 16.4. The normalized spacial score (nSPS) is 15.6. The first-order valence-electron chi connectivity index (χ1n) is 10.9. The maximum Gasteiger partial charge on any atom is 0.264 e. The molecule has 1 heterocycles.